The van der Waals surface area contributed by atoms with Crippen LogP contribution in [0.15, 0.2) is 36.5 Å². The Labute approximate surface area is 111 Å². The van der Waals surface area contributed by atoms with Gasteiger partial charge < -0.3 is 0 Å². The van der Waals surface area contributed by atoms with Gasteiger partial charge in [-0.05, 0) is 30.9 Å². The molecule has 0 atom stereocenters. The molecule has 0 saturated heterocycles. The molecule has 1 fully saturated rings. The van der Waals surface area contributed by atoms with Crippen LogP contribution in [-0.2, 0) is 18.3 Å². The second kappa shape index (κ2) is 3.47. The van der Waals surface area contributed by atoms with Crippen molar-refractivity contribution >= 4 is 17.4 Å². The number of para-hydroxylation sites is 1. The molecule has 0 N–H and O–H groups in total. The average molecular weight is 253 g/mol. The fourth-order valence-corrected chi connectivity index (χ4v) is 3.02. The second-order valence-electron chi connectivity index (χ2n) is 5.54. The van der Waals surface area contributed by atoms with Crippen molar-refractivity contribution in [2.24, 2.45) is 12.5 Å². The number of hydrogen-bond acceptors (Lipinski definition) is 2. The normalized spacial score (nSPS) is 19.6. The number of carbonyl (C=O) groups is 1. The summed E-state index contributed by atoms with van der Waals surface area (Å²) in [6.07, 6.45) is 4.64. The molecule has 1 amide bonds. The smallest absolute Gasteiger partial charge is 0.239 e. The Balaban J connectivity index is 1.93. The summed E-state index contributed by atoms with van der Waals surface area (Å²) in [7, 11) is 1.87. The number of nitrogens with zero attached hydrogens (tertiary/aromatic N) is 3. The number of amides is 1. The van der Waals surface area contributed by atoms with Crippen LogP contribution in [-0.4, -0.2) is 15.7 Å². The predicted octanol–water partition coefficient (Wildman–Crippen LogP) is 2.42. The summed E-state index contributed by atoms with van der Waals surface area (Å²) in [6.45, 7) is 0. The minimum Gasteiger partial charge on any atom is -0.273 e. The maximum absolute atomic E-state index is 12.8. The molecule has 1 aliphatic heterocycles. The zero-order valence-electron chi connectivity index (χ0n) is 10.8. The van der Waals surface area contributed by atoms with Crippen LogP contribution in [0.1, 0.15) is 18.4 Å². The third-order valence-corrected chi connectivity index (χ3v) is 4.30. The Morgan fingerprint density at radius 1 is 1.21 bits per heavy atom. The molecule has 96 valence electrons. The van der Waals surface area contributed by atoms with E-state index in [2.05, 4.69) is 11.2 Å². The first-order valence-electron chi connectivity index (χ1n) is 6.62. The summed E-state index contributed by atoms with van der Waals surface area (Å²) in [5, 5.41) is 4.19. The maximum atomic E-state index is 12.8. The molecule has 2 heterocycles. The Kier molecular flexibility index (Phi) is 1.97. The van der Waals surface area contributed by atoms with E-state index in [0.29, 0.717) is 0 Å². The summed E-state index contributed by atoms with van der Waals surface area (Å²) in [5.41, 5.74) is 2.13. The Hall–Kier alpha value is -2.10. The summed E-state index contributed by atoms with van der Waals surface area (Å²) >= 11 is 0. The zero-order chi connectivity index (χ0) is 13.0. The number of fused-ring (bicyclic) bond motifs is 1. The van der Waals surface area contributed by atoms with Crippen LogP contribution in [0.4, 0.5) is 11.5 Å². The van der Waals surface area contributed by atoms with Gasteiger partial charge in [-0.2, -0.15) is 5.10 Å². The van der Waals surface area contributed by atoms with Gasteiger partial charge >= 0.3 is 0 Å². The van der Waals surface area contributed by atoms with Gasteiger partial charge in [-0.15, -0.1) is 0 Å². The van der Waals surface area contributed by atoms with Gasteiger partial charge in [0.05, 0.1) is 17.3 Å². The SMILES string of the molecule is Cn1nccc1N1C(=O)C2(CC2)Cc2ccccc21. The number of aryl methyl sites for hydroxylation is 1. The molecule has 0 radical (unpaired) electrons. The molecule has 1 aromatic carbocycles. The van der Waals surface area contributed by atoms with E-state index in [1.54, 1.807) is 10.9 Å². The molecule has 1 aromatic heterocycles. The summed E-state index contributed by atoms with van der Waals surface area (Å²) in [6, 6.07) is 10.1. The highest BCUT2D eigenvalue weighted by molar-refractivity contribution is 6.07. The molecule has 1 aliphatic carbocycles. The van der Waals surface area contributed by atoms with Crippen LogP contribution in [0, 0.1) is 5.41 Å². The molecule has 0 unspecified atom stereocenters. The van der Waals surface area contributed by atoms with Gasteiger partial charge in [0.1, 0.15) is 5.82 Å². The Morgan fingerprint density at radius 2 is 2.00 bits per heavy atom. The van der Waals surface area contributed by atoms with E-state index in [1.165, 1.54) is 5.56 Å². The standard InChI is InChI=1S/C15H15N3O/c1-17-13(6-9-16-17)18-12-5-3-2-4-11(12)10-15(7-8-15)14(18)19/h2-6,9H,7-8,10H2,1H3. The highest BCUT2D eigenvalue weighted by Crippen LogP contribution is 2.55. The summed E-state index contributed by atoms with van der Waals surface area (Å²) in [5.74, 6) is 1.08. The first kappa shape index (κ1) is 10.8. The molecule has 4 heteroatoms. The molecule has 1 spiro atoms. The van der Waals surface area contributed by atoms with Crippen molar-refractivity contribution in [3.63, 3.8) is 0 Å². The third kappa shape index (κ3) is 1.40. The van der Waals surface area contributed by atoms with Crippen molar-refractivity contribution in [1.82, 2.24) is 9.78 Å². The van der Waals surface area contributed by atoms with Crippen molar-refractivity contribution < 1.29 is 4.79 Å². The minimum absolute atomic E-state index is 0.140. The van der Waals surface area contributed by atoms with Gasteiger partial charge in [0.25, 0.3) is 0 Å². The highest BCUT2D eigenvalue weighted by Gasteiger charge is 2.55. The van der Waals surface area contributed by atoms with Crippen molar-refractivity contribution in [3.05, 3.63) is 42.1 Å². The first-order valence-corrected chi connectivity index (χ1v) is 6.62. The van der Waals surface area contributed by atoms with Crippen LogP contribution in [0.2, 0.25) is 0 Å². The second-order valence-corrected chi connectivity index (χ2v) is 5.54. The molecular weight excluding hydrogens is 238 g/mol. The van der Waals surface area contributed by atoms with Gasteiger partial charge in [0, 0.05) is 13.1 Å². The van der Waals surface area contributed by atoms with Crippen LogP contribution >= 0.6 is 0 Å². The monoisotopic (exact) mass is 253 g/mol. The number of aromatic nitrogens is 2. The number of hydrogen-bond donors (Lipinski definition) is 0. The van der Waals surface area contributed by atoms with Gasteiger partial charge in [-0.25, -0.2) is 0 Å². The first-order chi connectivity index (χ1) is 9.21. The topological polar surface area (TPSA) is 38.1 Å². The van der Waals surface area contributed by atoms with Gasteiger partial charge in [0.2, 0.25) is 5.91 Å². The molecule has 1 saturated carbocycles. The Bertz CT molecular complexity index is 670. The Morgan fingerprint density at radius 3 is 2.68 bits per heavy atom. The van der Waals surface area contributed by atoms with E-state index in [1.807, 2.05) is 36.2 Å². The maximum Gasteiger partial charge on any atom is 0.239 e. The largest absolute Gasteiger partial charge is 0.273 e. The molecule has 0 bridgehead atoms. The fraction of sp³-hybridized carbons (Fsp3) is 0.333. The van der Waals surface area contributed by atoms with Gasteiger partial charge in [0.15, 0.2) is 0 Å². The number of benzene rings is 1. The highest BCUT2D eigenvalue weighted by atomic mass is 16.2. The van der Waals surface area contributed by atoms with Crippen molar-refractivity contribution in [2.75, 3.05) is 4.90 Å². The van der Waals surface area contributed by atoms with Crippen LogP contribution < -0.4 is 4.90 Å². The minimum atomic E-state index is -0.140. The van der Waals surface area contributed by atoms with E-state index < -0.39 is 0 Å². The number of rotatable bonds is 1. The van der Waals surface area contributed by atoms with E-state index in [9.17, 15) is 4.79 Å². The van der Waals surface area contributed by atoms with Gasteiger partial charge in [-0.1, -0.05) is 18.2 Å². The zero-order valence-corrected chi connectivity index (χ0v) is 10.8. The van der Waals surface area contributed by atoms with Crippen LogP contribution in [0.25, 0.3) is 0 Å². The van der Waals surface area contributed by atoms with Crippen molar-refractivity contribution in [3.8, 4) is 0 Å². The van der Waals surface area contributed by atoms with E-state index in [0.717, 1.165) is 30.8 Å². The van der Waals surface area contributed by atoms with Gasteiger partial charge in [-0.3, -0.25) is 14.4 Å². The summed E-state index contributed by atoms with van der Waals surface area (Å²) in [4.78, 5) is 14.7. The molecular formula is C15H15N3O. The molecule has 4 rings (SSSR count). The fourth-order valence-electron chi connectivity index (χ4n) is 3.02. The van der Waals surface area contributed by atoms with Crippen molar-refractivity contribution in [2.45, 2.75) is 19.3 Å². The molecule has 4 nitrogen and oxygen atoms in total. The molecule has 19 heavy (non-hydrogen) atoms. The van der Waals surface area contributed by atoms with E-state index >= 15 is 0 Å². The number of carbonyl (C=O) groups excluding carboxylic acids is 1. The third-order valence-electron chi connectivity index (χ3n) is 4.30. The van der Waals surface area contributed by atoms with Crippen LogP contribution in [0.5, 0.6) is 0 Å². The molecule has 2 aliphatic rings. The van der Waals surface area contributed by atoms with Crippen molar-refractivity contribution in [1.29, 1.82) is 0 Å². The lowest BCUT2D eigenvalue weighted by Crippen LogP contribution is -2.40. The predicted molar refractivity (Wildman–Crippen MR) is 72.2 cm³/mol. The lowest BCUT2D eigenvalue weighted by molar-refractivity contribution is -0.123. The average Bonchev–Trinajstić information content (AvgIpc) is 3.07. The van der Waals surface area contributed by atoms with Crippen LogP contribution in [0.3, 0.4) is 0 Å². The summed E-state index contributed by atoms with van der Waals surface area (Å²) < 4.78 is 1.76. The quantitative estimate of drug-likeness (QED) is 0.782. The molecule has 2 aromatic rings. The van der Waals surface area contributed by atoms with E-state index in [4.69, 9.17) is 0 Å². The lowest BCUT2D eigenvalue weighted by atomic mass is 9.89. The number of anilines is 2. The van der Waals surface area contributed by atoms with E-state index in [-0.39, 0.29) is 11.3 Å². The lowest BCUT2D eigenvalue weighted by Gasteiger charge is -2.34.